The Balaban J connectivity index is 2.87. The van der Waals surface area contributed by atoms with Gasteiger partial charge in [0.15, 0.2) is 6.29 Å². The Morgan fingerprint density at radius 2 is 1.55 bits per heavy atom. The number of methoxy groups -OCH3 is 4. The quantitative estimate of drug-likeness (QED) is 0.670. The third kappa shape index (κ3) is 4.13. The Morgan fingerprint density at radius 3 is 2.00 bits per heavy atom. The van der Waals surface area contributed by atoms with Gasteiger partial charge in [0.1, 0.15) is 24.4 Å². The van der Waals surface area contributed by atoms with Crippen molar-refractivity contribution in [3.63, 3.8) is 0 Å². The van der Waals surface area contributed by atoms with Crippen LogP contribution in [0.3, 0.4) is 0 Å². The third-order valence-electron chi connectivity index (χ3n) is 3.68. The number of ether oxygens (including phenoxy) is 6. The molecule has 0 amide bonds. The molecule has 0 bridgehead atoms. The van der Waals surface area contributed by atoms with E-state index in [2.05, 4.69) is 6.92 Å². The first-order valence-electron chi connectivity index (χ1n) is 7.01. The van der Waals surface area contributed by atoms with Crippen LogP contribution in [-0.2, 0) is 28.4 Å². The van der Waals surface area contributed by atoms with Gasteiger partial charge in [-0.3, -0.25) is 0 Å². The van der Waals surface area contributed by atoms with Gasteiger partial charge in [-0.15, -0.1) is 0 Å². The van der Waals surface area contributed by atoms with Crippen LogP contribution in [0, 0.1) is 0 Å². The summed E-state index contributed by atoms with van der Waals surface area (Å²) in [4.78, 5) is 0. The van der Waals surface area contributed by atoms with Gasteiger partial charge in [-0.1, -0.05) is 6.92 Å². The maximum atomic E-state index is 5.96. The summed E-state index contributed by atoms with van der Waals surface area (Å²) in [5.74, 6) is 0. The van der Waals surface area contributed by atoms with Gasteiger partial charge in [-0.25, -0.2) is 0 Å². The molecule has 1 unspecified atom stereocenters. The van der Waals surface area contributed by atoms with Gasteiger partial charge in [0.05, 0.1) is 12.7 Å². The summed E-state index contributed by atoms with van der Waals surface area (Å²) in [7, 11) is 6.52. The van der Waals surface area contributed by atoms with E-state index < -0.39 is 6.29 Å². The van der Waals surface area contributed by atoms with Gasteiger partial charge in [0.25, 0.3) is 0 Å². The molecule has 1 rings (SSSR count). The van der Waals surface area contributed by atoms with Gasteiger partial charge >= 0.3 is 0 Å². The van der Waals surface area contributed by atoms with E-state index in [1.165, 1.54) is 0 Å². The van der Waals surface area contributed by atoms with E-state index in [-0.39, 0.29) is 30.5 Å². The Hall–Kier alpha value is -0.240. The molecule has 0 spiro atoms. The van der Waals surface area contributed by atoms with Crippen LogP contribution in [0.25, 0.3) is 0 Å². The van der Waals surface area contributed by atoms with Crippen molar-refractivity contribution in [2.45, 2.75) is 57.1 Å². The smallest absolute Gasteiger partial charge is 0.187 e. The molecule has 1 aliphatic rings. The molecule has 6 nitrogen and oxygen atoms in total. The molecular formula is C14H28O6. The van der Waals surface area contributed by atoms with E-state index in [0.29, 0.717) is 6.61 Å². The highest BCUT2D eigenvalue weighted by molar-refractivity contribution is 4.92. The first kappa shape index (κ1) is 17.8. The van der Waals surface area contributed by atoms with E-state index in [0.717, 1.165) is 6.42 Å². The lowest BCUT2D eigenvalue weighted by Crippen LogP contribution is -2.61. The highest BCUT2D eigenvalue weighted by Gasteiger charge is 2.47. The predicted octanol–water partition coefficient (Wildman–Crippen LogP) is 1.22. The molecule has 0 aliphatic carbocycles. The molecule has 0 aromatic carbocycles. The predicted molar refractivity (Wildman–Crippen MR) is 73.8 cm³/mol. The zero-order chi connectivity index (χ0) is 15.1. The molecular weight excluding hydrogens is 264 g/mol. The van der Waals surface area contributed by atoms with Crippen molar-refractivity contribution in [1.29, 1.82) is 0 Å². The summed E-state index contributed by atoms with van der Waals surface area (Å²) in [6, 6.07) is 0. The second-order valence-electron chi connectivity index (χ2n) is 4.95. The molecule has 1 saturated heterocycles. The van der Waals surface area contributed by atoms with Crippen molar-refractivity contribution in [1.82, 2.24) is 0 Å². The molecule has 1 heterocycles. The van der Waals surface area contributed by atoms with E-state index in [9.17, 15) is 0 Å². The highest BCUT2D eigenvalue weighted by Crippen LogP contribution is 2.28. The molecule has 0 saturated carbocycles. The molecule has 0 radical (unpaired) electrons. The van der Waals surface area contributed by atoms with Crippen LogP contribution in [0.2, 0.25) is 0 Å². The van der Waals surface area contributed by atoms with Crippen LogP contribution in [0.15, 0.2) is 0 Å². The molecule has 6 atom stereocenters. The Bertz CT molecular complexity index is 262. The maximum absolute atomic E-state index is 5.96. The molecule has 120 valence electrons. The number of hydrogen-bond acceptors (Lipinski definition) is 6. The highest BCUT2D eigenvalue weighted by atomic mass is 16.7. The van der Waals surface area contributed by atoms with Crippen molar-refractivity contribution in [3.8, 4) is 0 Å². The topological polar surface area (TPSA) is 55.4 Å². The van der Waals surface area contributed by atoms with E-state index >= 15 is 0 Å². The molecule has 0 aromatic heterocycles. The van der Waals surface area contributed by atoms with Crippen LogP contribution in [0.4, 0.5) is 0 Å². The third-order valence-corrected chi connectivity index (χ3v) is 3.68. The summed E-state index contributed by atoms with van der Waals surface area (Å²) in [6.45, 7) is 4.48. The standard InChI is InChI=1S/C14H28O6/c1-7-9(2)19-14-13(18-6)12(17-5)11(16-4)10(20-14)8-15-3/h9-14H,7-8H2,1-6H3/t9?,10-,11+,12+,13-,14-/m1/s1. The minimum Gasteiger partial charge on any atom is -0.382 e. The number of rotatable bonds is 8. The summed E-state index contributed by atoms with van der Waals surface area (Å²) < 4.78 is 33.6. The van der Waals surface area contributed by atoms with Crippen molar-refractivity contribution in [2.24, 2.45) is 0 Å². The molecule has 20 heavy (non-hydrogen) atoms. The fourth-order valence-corrected chi connectivity index (χ4v) is 2.41. The summed E-state index contributed by atoms with van der Waals surface area (Å²) in [6.07, 6.45) is -0.641. The molecule has 0 N–H and O–H groups in total. The van der Waals surface area contributed by atoms with E-state index in [1.54, 1.807) is 28.4 Å². The van der Waals surface area contributed by atoms with Gasteiger partial charge in [-0.2, -0.15) is 0 Å². The Morgan fingerprint density at radius 1 is 0.950 bits per heavy atom. The van der Waals surface area contributed by atoms with Crippen LogP contribution in [0.1, 0.15) is 20.3 Å². The largest absolute Gasteiger partial charge is 0.382 e. The van der Waals surface area contributed by atoms with Crippen molar-refractivity contribution < 1.29 is 28.4 Å². The molecule has 0 aromatic rings. The van der Waals surface area contributed by atoms with Crippen LogP contribution < -0.4 is 0 Å². The maximum Gasteiger partial charge on any atom is 0.187 e. The van der Waals surface area contributed by atoms with Gasteiger partial charge in [0, 0.05) is 28.4 Å². The average molecular weight is 292 g/mol. The van der Waals surface area contributed by atoms with Crippen LogP contribution >= 0.6 is 0 Å². The van der Waals surface area contributed by atoms with Gasteiger partial charge < -0.3 is 28.4 Å². The van der Waals surface area contributed by atoms with Crippen molar-refractivity contribution in [2.75, 3.05) is 35.0 Å². The lowest BCUT2D eigenvalue weighted by molar-refractivity contribution is -0.321. The monoisotopic (exact) mass is 292 g/mol. The lowest BCUT2D eigenvalue weighted by atomic mass is 9.98. The summed E-state index contributed by atoms with van der Waals surface area (Å²) >= 11 is 0. The van der Waals surface area contributed by atoms with Crippen molar-refractivity contribution >= 4 is 0 Å². The van der Waals surface area contributed by atoms with Crippen molar-refractivity contribution in [3.05, 3.63) is 0 Å². The fraction of sp³-hybridized carbons (Fsp3) is 1.00. The Labute approximate surface area is 121 Å². The molecule has 1 fully saturated rings. The van der Waals surface area contributed by atoms with E-state index in [1.807, 2.05) is 6.92 Å². The molecule has 1 aliphatic heterocycles. The zero-order valence-electron chi connectivity index (χ0n) is 13.3. The SMILES string of the molecule is CCC(C)O[C@@H]1O[C@H](COC)[C@H](OC)[C@H](OC)[C@H]1OC. The van der Waals surface area contributed by atoms with Crippen LogP contribution in [-0.4, -0.2) is 71.9 Å². The second kappa shape index (κ2) is 8.92. The zero-order valence-corrected chi connectivity index (χ0v) is 13.3. The fourth-order valence-electron chi connectivity index (χ4n) is 2.41. The van der Waals surface area contributed by atoms with Gasteiger partial charge in [-0.05, 0) is 13.3 Å². The van der Waals surface area contributed by atoms with Crippen LogP contribution in [0.5, 0.6) is 0 Å². The number of hydrogen-bond donors (Lipinski definition) is 0. The Kier molecular flexibility index (Phi) is 7.94. The summed E-state index contributed by atoms with van der Waals surface area (Å²) in [5, 5.41) is 0. The minimum absolute atomic E-state index is 0.0810. The first-order valence-corrected chi connectivity index (χ1v) is 7.01. The van der Waals surface area contributed by atoms with Gasteiger partial charge in [0.2, 0.25) is 0 Å². The molecule has 6 heteroatoms. The minimum atomic E-state index is -0.494. The summed E-state index contributed by atoms with van der Waals surface area (Å²) in [5.41, 5.74) is 0. The second-order valence-corrected chi connectivity index (χ2v) is 4.95. The normalized spacial score (nSPS) is 36.0. The lowest BCUT2D eigenvalue weighted by Gasteiger charge is -2.45. The first-order chi connectivity index (χ1) is 9.62. The van der Waals surface area contributed by atoms with E-state index in [4.69, 9.17) is 28.4 Å². The average Bonchev–Trinajstić information content (AvgIpc) is 2.46.